The maximum atomic E-state index is 11.7. The van der Waals surface area contributed by atoms with Crippen molar-refractivity contribution in [3.8, 4) is 0 Å². The van der Waals surface area contributed by atoms with E-state index in [0.717, 1.165) is 36.3 Å². The van der Waals surface area contributed by atoms with Crippen molar-refractivity contribution < 1.29 is 4.79 Å². The van der Waals surface area contributed by atoms with E-state index in [4.69, 9.17) is 0 Å². The minimum atomic E-state index is 0.0621. The normalized spacial score (nSPS) is 10.8. The first-order valence-electron chi connectivity index (χ1n) is 7.64. The number of benzene rings is 2. The van der Waals surface area contributed by atoms with Crippen molar-refractivity contribution in [3.63, 3.8) is 0 Å². The van der Waals surface area contributed by atoms with Crippen molar-refractivity contribution in [3.05, 3.63) is 54.6 Å². The Bertz CT molecular complexity index is 606. The second kappa shape index (κ2) is 8.72. The molecule has 0 saturated heterocycles. The molecule has 114 valence electrons. The molecule has 0 radical (unpaired) electrons. The summed E-state index contributed by atoms with van der Waals surface area (Å²) in [5, 5.41) is 11.2. The molecule has 0 heterocycles. The van der Waals surface area contributed by atoms with Crippen LogP contribution in [0.15, 0.2) is 64.8 Å². The molecule has 0 aliphatic carbocycles. The lowest BCUT2D eigenvalue weighted by Crippen LogP contribution is -2.10. The van der Waals surface area contributed by atoms with Gasteiger partial charge in [-0.3, -0.25) is 4.79 Å². The number of carbonyl (C=O) groups is 1. The van der Waals surface area contributed by atoms with E-state index in [2.05, 4.69) is 22.5 Å². The number of unbranched alkanes of at least 4 members (excludes halogenated alkanes) is 2. The summed E-state index contributed by atoms with van der Waals surface area (Å²) in [5.74, 6) is 0.0621. The molecule has 0 saturated carbocycles. The third kappa shape index (κ3) is 5.48. The van der Waals surface area contributed by atoms with Crippen molar-refractivity contribution in [1.82, 2.24) is 0 Å². The Kier molecular flexibility index (Phi) is 6.30. The third-order valence-electron chi connectivity index (χ3n) is 3.20. The van der Waals surface area contributed by atoms with Crippen molar-refractivity contribution in [1.29, 1.82) is 0 Å². The quantitative estimate of drug-likeness (QED) is 0.523. The highest BCUT2D eigenvalue weighted by Crippen LogP contribution is 2.20. The number of nitrogens with one attached hydrogen (secondary N) is 1. The van der Waals surface area contributed by atoms with Gasteiger partial charge in [-0.2, -0.15) is 10.2 Å². The van der Waals surface area contributed by atoms with Crippen molar-refractivity contribution >= 4 is 23.0 Å². The highest BCUT2D eigenvalue weighted by molar-refractivity contribution is 5.90. The van der Waals surface area contributed by atoms with E-state index in [1.807, 2.05) is 54.6 Å². The van der Waals surface area contributed by atoms with Crippen LogP contribution in [-0.4, -0.2) is 5.91 Å². The Morgan fingerprint density at radius 3 is 2.18 bits per heavy atom. The van der Waals surface area contributed by atoms with Crippen LogP contribution in [-0.2, 0) is 4.79 Å². The molecule has 0 unspecified atom stereocenters. The van der Waals surface area contributed by atoms with E-state index in [1.165, 1.54) is 0 Å². The van der Waals surface area contributed by atoms with E-state index in [1.54, 1.807) is 0 Å². The van der Waals surface area contributed by atoms with Crippen LogP contribution in [0.3, 0.4) is 0 Å². The molecular formula is C18H21N3O. The number of nitrogens with zero attached hydrogens (tertiary/aromatic N) is 2. The van der Waals surface area contributed by atoms with Crippen LogP contribution in [0.4, 0.5) is 17.1 Å². The van der Waals surface area contributed by atoms with Crippen LogP contribution in [0.1, 0.15) is 32.6 Å². The number of hydrogen-bond donors (Lipinski definition) is 1. The fourth-order valence-corrected chi connectivity index (χ4v) is 1.98. The van der Waals surface area contributed by atoms with Gasteiger partial charge in [0.25, 0.3) is 0 Å². The van der Waals surface area contributed by atoms with Crippen molar-refractivity contribution in [2.75, 3.05) is 5.32 Å². The number of hydrogen-bond acceptors (Lipinski definition) is 3. The Labute approximate surface area is 131 Å². The molecule has 0 fully saturated rings. The molecule has 0 spiro atoms. The second-order valence-corrected chi connectivity index (χ2v) is 5.09. The molecule has 2 aromatic rings. The number of azo groups is 1. The topological polar surface area (TPSA) is 53.8 Å². The summed E-state index contributed by atoms with van der Waals surface area (Å²) in [6, 6.07) is 17.0. The summed E-state index contributed by atoms with van der Waals surface area (Å²) >= 11 is 0. The largest absolute Gasteiger partial charge is 0.326 e. The van der Waals surface area contributed by atoms with Crippen LogP contribution in [0.5, 0.6) is 0 Å². The molecule has 0 atom stereocenters. The Hall–Kier alpha value is -2.49. The fraction of sp³-hybridized carbons (Fsp3) is 0.278. The van der Waals surface area contributed by atoms with Crippen LogP contribution in [0.2, 0.25) is 0 Å². The molecule has 0 bridgehead atoms. The van der Waals surface area contributed by atoms with Gasteiger partial charge in [-0.25, -0.2) is 0 Å². The first-order valence-corrected chi connectivity index (χ1v) is 7.64. The van der Waals surface area contributed by atoms with Crippen molar-refractivity contribution in [2.24, 2.45) is 10.2 Å². The second-order valence-electron chi connectivity index (χ2n) is 5.09. The first-order chi connectivity index (χ1) is 10.8. The zero-order valence-corrected chi connectivity index (χ0v) is 12.8. The summed E-state index contributed by atoms with van der Waals surface area (Å²) in [4.78, 5) is 11.7. The maximum absolute atomic E-state index is 11.7. The summed E-state index contributed by atoms with van der Waals surface area (Å²) < 4.78 is 0. The molecule has 0 aromatic heterocycles. The van der Waals surface area contributed by atoms with E-state index in [0.29, 0.717) is 6.42 Å². The van der Waals surface area contributed by atoms with E-state index in [-0.39, 0.29) is 5.91 Å². The van der Waals surface area contributed by atoms with Gasteiger partial charge in [-0.05, 0) is 42.8 Å². The van der Waals surface area contributed by atoms with Crippen LogP contribution >= 0.6 is 0 Å². The zero-order chi connectivity index (χ0) is 15.6. The SMILES string of the molecule is CCCCCC(=O)Nc1ccc(N=Nc2ccccc2)cc1. The molecule has 1 amide bonds. The van der Waals surface area contributed by atoms with Gasteiger partial charge in [0.2, 0.25) is 5.91 Å². The summed E-state index contributed by atoms with van der Waals surface area (Å²) in [6.07, 6.45) is 3.72. The summed E-state index contributed by atoms with van der Waals surface area (Å²) in [7, 11) is 0. The van der Waals surface area contributed by atoms with Gasteiger partial charge in [0.15, 0.2) is 0 Å². The molecular weight excluding hydrogens is 274 g/mol. The van der Waals surface area contributed by atoms with Crippen molar-refractivity contribution in [2.45, 2.75) is 32.6 Å². The smallest absolute Gasteiger partial charge is 0.224 e. The Balaban J connectivity index is 1.87. The number of anilines is 1. The third-order valence-corrected chi connectivity index (χ3v) is 3.20. The summed E-state index contributed by atoms with van der Waals surface area (Å²) in [6.45, 7) is 2.13. The molecule has 2 aromatic carbocycles. The molecule has 0 aliphatic heterocycles. The van der Waals surface area contributed by atoms with Gasteiger partial charge < -0.3 is 5.32 Å². The lowest BCUT2D eigenvalue weighted by Gasteiger charge is -2.04. The predicted molar refractivity (Wildman–Crippen MR) is 89.8 cm³/mol. The Morgan fingerprint density at radius 2 is 1.55 bits per heavy atom. The number of carbonyl (C=O) groups excluding carboxylic acids is 1. The van der Waals surface area contributed by atoms with Gasteiger partial charge >= 0.3 is 0 Å². The Morgan fingerprint density at radius 1 is 0.909 bits per heavy atom. The lowest BCUT2D eigenvalue weighted by molar-refractivity contribution is -0.116. The first kappa shape index (κ1) is 15.9. The van der Waals surface area contributed by atoms with E-state index >= 15 is 0 Å². The molecule has 4 heteroatoms. The molecule has 22 heavy (non-hydrogen) atoms. The van der Waals surface area contributed by atoms with Gasteiger partial charge in [0, 0.05) is 12.1 Å². The molecule has 0 aliphatic rings. The molecule has 2 rings (SSSR count). The van der Waals surface area contributed by atoms with E-state index < -0.39 is 0 Å². The maximum Gasteiger partial charge on any atom is 0.224 e. The number of amides is 1. The van der Waals surface area contributed by atoms with Crippen LogP contribution in [0, 0.1) is 0 Å². The standard InChI is InChI=1S/C18H21N3O/c1-2-3-5-10-18(22)19-15-11-13-17(14-12-15)21-20-16-8-6-4-7-9-16/h4,6-9,11-14H,2-3,5,10H2,1H3,(H,19,22). The van der Waals surface area contributed by atoms with Crippen LogP contribution < -0.4 is 5.32 Å². The monoisotopic (exact) mass is 295 g/mol. The number of rotatable bonds is 7. The highest BCUT2D eigenvalue weighted by atomic mass is 16.1. The van der Waals surface area contributed by atoms with Gasteiger partial charge in [-0.15, -0.1) is 0 Å². The fourth-order valence-electron chi connectivity index (χ4n) is 1.98. The molecule has 1 N–H and O–H groups in total. The zero-order valence-electron chi connectivity index (χ0n) is 12.8. The minimum absolute atomic E-state index is 0.0621. The van der Waals surface area contributed by atoms with Gasteiger partial charge in [-0.1, -0.05) is 38.0 Å². The highest BCUT2D eigenvalue weighted by Gasteiger charge is 2.01. The average Bonchev–Trinajstić information content (AvgIpc) is 2.55. The average molecular weight is 295 g/mol. The van der Waals surface area contributed by atoms with Crippen LogP contribution in [0.25, 0.3) is 0 Å². The van der Waals surface area contributed by atoms with E-state index in [9.17, 15) is 4.79 Å². The predicted octanol–water partition coefficient (Wildman–Crippen LogP) is 5.62. The lowest BCUT2D eigenvalue weighted by atomic mass is 10.2. The molecule has 4 nitrogen and oxygen atoms in total. The van der Waals surface area contributed by atoms with Gasteiger partial charge in [0.05, 0.1) is 11.4 Å². The van der Waals surface area contributed by atoms with Gasteiger partial charge in [0.1, 0.15) is 0 Å². The minimum Gasteiger partial charge on any atom is -0.326 e. The summed E-state index contributed by atoms with van der Waals surface area (Å²) in [5.41, 5.74) is 2.36.